The fourth-order valence-corrected chi connectivity index (χ4v) is 5.87. The minimum Gasteiger partial charge on any atom is -0.302 e. The summed E-state index contributed by atoms with van der Waals surface area (Å²) >= 11 is 1.72. The largest absolute Gasteiger partial charge is 0.302 e. The fourth-order valence-electron chi connectivity index (χ4n) is 3.00. The highest BCUT2D eigenvalue weighted by Gasteiger charge is 2.33. The molecule has 1 aliphatic heterocycles. The first-order valence-electron chi connectivity index (χ1n) is 7.67. The van der Waals surface area contributed by atoms with Gasteiger partial charge in [-0.15, -0.1) is 16.8 Å². The molecule has 5 nitrogen and oxygen atoms in total. The third kappa shape index (κ3) is 3.46. The SMILES string of the molecule is C=CCn1c(S[C@H]2C=CCCC2)nnc1[C@H]1CCS(=O)(=O)C1. The van der Waals surface area contributed by atoms with Gasteiger partial charge in [-0.05, 0) is 25.7 Å². The van der Waals surface area contributed by atoms with Crippen LogP contribution < -0.4 is 0 Å². The third-order valence-corrected chi connectivity index (χ3v) is 7.10. The lowest BCUT2D eigenvalue weighted by Gasteiger charge is -2.16. The molecular formula is C15H21N3O2S2. The molecule has 1 aliphatic carbocycles. The summed E-state index contributed by atoms with van der Waals surface area (Å²) in [5, 5.41) is 9.93. The Balaban J connectivity index is 1.83. The zero-order valence-corrected chi connectivity index (χ0v) is 14.2. The molecule has 2 aliphatic rings. The highest BCUT2D eigenvalue weighted by atomic mass is 32.2. The molecule has 0 N–H and O–H groups in total. The van der Waals surface area contributed by atoms with E-state index in [4.69, 9.17) is 0 Å². The molecule has 0 unspecified atom stereocenters. The fraction of sp³-hybridized carbons (Fsp3) is 0.600. The van der Waals surface area contributed by atoms with Crippen LogP contribution in [0.2, 0.25) is 0 Å². The molecule has 3 rings (SSSR count). The Bertz CT molecular complexity index is 679. The molecule has 0 radical (unpaired) electrons. The molecule has 1 fully saturated rings. The van der Waals surface area contributed by atoms with Gasteiger partial charge < -0.3 is 4.57 Å². The molecular weight excluding hydrogens is 318 g/mol. The second-order valence-electron chi connectivity index (χ2n) is 5.86. The van der Waals surface area contributed by atoms with Crippen molar-refractivity contribution >= 4 is 21.6 Å². The zero-order chi connectivity index (χ0) is 15.6. The standard InChI is InChI=1S/C15H21N3O2S2/c1-2-9-18-14(12-8-10-22(19,20)11-12)16-17-15(18)21-13-6-4-3-5-7-13/h2,4,6,12-13H,1,3,5,7-11H2/t12-,13-/m0/s1. The molecule has 0 aromatic carbocycles. The van der Waals surface area contributed by atoms with Crippen molar-refractivity contribution < 1.29 is 8.42 Å². The highest BCUT2D eigenvalue weighted by Crippen LogP contribution is 2.33. The van der Waals surface area contributed by atoms with E-state index in [0.29, 0.717) is 18.2 Å². The minimum absolute atomic E-state index is 0.0336. The number of hydrogen-bond donors (Lipinski definition) is 0. The van der Waals surface area contributed by atoms with Crippen LogP contribution in [0.25, 0.3) is 0 Å². The Kier molecular flexibility index (Phi) is 4.73. The van der Waals surface area contributed by atoms with E-state index in [2.05, 4.69) is 28.9 Å². The van der Waals surface area contributed by atoms with Crippen molar-refractivity contribution in [3.63, 3.8) is 0 Å². The second-order valence-corrected chi connectivity index (χ2v) is 9.29. The number of sulfone groups is 1. The molecule has 120 valence electrons. The summed E-state index contributed by atoms with van der Waals surface area (Å²) in [6.07, 6.45) is 10.4. The lowest BCUT2D eigenvalue weighted by molar-refractivity contribution is 0.597. The van der Waals surface area contributed by atoms with Crippen LogP contribution >= 0.6 is 11.8 Å². The van der Waals surface area contributed by atoms with Crippen molar-refractivity contribution in [3.05, 3.63) is 30.6 Å². The number of allylic oxidation sites excluding steroid dienone is 2. The van der Waals surface area contributed by atoms with E-state index in [1.807, 2.05) is 10.6 Å². The molecule has 0 saturated carbocycles. The van der Waals surface area contributed by atoms with E-state index < -0.39 is 9.84 Å². The molecule has 1 saturated heterocycles. The van der Waals surface area contributed by atoms with Crippen LogP contribution in [-0.2, 0) is 16.4 Å². The Morgan fingerprint density at radius 3 is 2.91 bits per heavy atom. The summed E-state index contributed by atoms with van der Waals surface area (Å²) in [5.74, 6) is 1.21. The molecule has 1 aromatic rings. The van der Waals surface area contributed by atoms with Crippen molar-refractivity contribution in [1.29, 1.82) is 0 Å². The number of hydrogen-bond acceptors (Lipinski definition) is 5. The normalized spacial score (nSPS) is 27.1. The van der Waals surface area contributed by atoms with Crippen molar-refractivity contribution in [2.75, 3.05) is 11.5 Å². The van der Waals surface area contributed by atoms with E-state index >= 15 is 0 Å². The van der Waals surface area contributed by atoms with Gasteiger partial charge in [0, 0.05) is 17.7 Å². The van der Waals surface area contributed by atoms with Crippen LogP contribution in [-0.4, -0.2) is 39.9 Å². The van der Waals surface area contributed by atoms with E-state index in [0.717, 1.165) is 23.8 Å². The summed E-state index contributed by atoms with van der Waals surface area (Å²) in [7, 11) is -2.92. The van der Waals surface area contributed by atoms with Crippen LogP contribution in [0.15, 0.2) is 30.0 Å². The summed E-state index contributed by atoms with van der Waals surface area (Å²) in [6.45, 7) is 4.42. The Labute approximate surface area is 135 Å². The van der Waals surface area contributed by atoms with E-state index in [1.54, 1.807) is 11.8 Å². The average Bonchev–Trinajstić information content (AvgIpc) is 3.04. The van der Waals surface area contributed by atoms with Gasteiger partial charge in [-0.1, -0.05) is 30.0 Å². The minimum atomic E-state index is -2.92. The molecule has 7 heteroatoms. The average molecular weight is 339 g/mol. The predicted molar refractivity (Wildman–Crippen MR) is 88.9 cm³/mol. The summed E-state index contributed by atoms with van der Waals surface area (Å²) in [5.41, 5.74) is 0. The van der Waals surface area contributed by atoms with Gasteiger partial charge in [0.1, 0.15) is 5.82 Å². The topological polar surface area (TPSA) is 64.8 Å². The monoisotopic (exact) mass is 339 g/mol. The van der Waals surface area contributed by atoms with Crippen LogP contribution in [0.1, 0.15) is 37.4 Å². The maximum absolute atomic E-state index is 11.7. The van der Waals surface area contributed by atoms with Crippen molar-refractivity contribution in [1.82, 2.24) is 14.8 Å². The van der Waals surface area contributed by atoms with Gasteiger partial charge in [-0.25, -0.2) is 8.42 Å². The van der Waals surface area contributed by atoms with E-state index in [9.17, 15) is 8.42 Å². The van der Waals surface area contributed by atoms with Crippen LogP contribution in [0, 0.1) is 0 Å². The highest BCUT2D eigenvalue weighted by molar-refractivity contribution is 7.99. The lowest BCUT2D eigenvalue weighted by Crippen LogP contribution is -2.12. The molecule has 2 heterocycles. The molecule has 1 aromatic heterocycles. The van der Waals surface area contributed by atoms with Crippen LogP contribution in [0.4, 0.5) is 0 Å². The number of nitrogens with zero attached hydrogens (tertiary/aromatic N) is 3. The van der Waals surface area contributed by atoms with Gasteiger partial charge in [0.15, 0.2) is 15.0 Å². The smallest absolute Gasteiger partial charge is 0.192 e. The third-order valence-electron chi connectivity index (χ3n) is 4.12. The lowest BCUT2D eigenvalue weighted by atomic mass is 10.1. The van der Waals surface area contributed by atoms with E-state index in [1.165, 1.54) is 6.42 Å². The van der Waals surface area contributed by atoms with Gasteiger partial charge >= 0.3 is 0 Å². The molecule has 0 bridgehead atoms. The van der Waals surface area contributed by atoms with Crippen molar-refractivity contribution in [2.45, 2.75) is 48.6 Å². The summed E-state index contributed by atoms with van der Waals surface area (Å²) in [4.78, 5) is 0. The first-order chi connectivity index (χ1) is 10.6. The first kappa shape index (κ1) is 15.8. The van der Waals surface area contributed by atoms with Crippen LogP contribution in [0.5, 0.6) is 0 Å². The van der Waals surface area contributed by atoms with Gasteiger partial charge in [0.05, 0.1) is 11.5 Å². The molecule has 0 spiro atoms. The number of rotatable bonds is 5. The molecule has 0 amide bonds. The Hall–Kier alpha value is -1.08. The number of thioether (sulfide) groups is 1. The van der Waals surface area contributed by atoms with Crippen molar-refractivity contribution in [3.8, 4) is 0 Å². The van der Waals surface area contributed by atoms with Crippen molar-refractivity contribution in [2.24, 2.45) is 0 Å². The first-order valence-corrected chi connectivity index (χ1v) is 10.4. The van der Waals surface area contributed by atoms with Gasteiger partial charge in [-0.2, -0.15) is 0 Å². The number of aromatic nitrogens is 3. The molecule has 2 atom stereocenters. The quantitative estimate of drug-likeness (QED) is 0.772. The van der Waals surface area contributed by atoms with Gasteiger partial charge in [-0.3, -0.25) is 0 Å². The maximum Gasteiger partial charge on any atom is 0.192 e. The summed E-state index contributed by atoms with van der Waals surface area (Å²) in [6, 6.07) is 0. The van der Waals surface area contributed by atoms with Crippen LogP contribution in [0.3, 0.4) is 0 Å². The predicted octanol–water partition coefficient (Wildman–Crippen LogP) is 2.57. The molecule has 22 heavy (non-hydrogen) atoms. The summed E-state index contributed by atoms with van der Waals surface area (Å²) < 4.78 is 25.5. The zero-order valence-electron chi connectivity index (χ0n) is 12.5. The Morgan fingerprint density at radius 2 is 2.27 bits per heavy atom. The van der Waals surface area contributed by atoms with Gasteiger partial charge in [0.25, 0.3) is 0 Å². The van der Waals surface area contributed by atoms with Gasteiger partial charge in [0.2, 0.25) is 0 Å². The van der Waals surface area contributed by atoms with E-state index in [-0.39, 0.29) is 17.4 Å². The second kappa shape index (κ2) is 6.58. The maximum atomic E-state index is 11.7. The Morgan fingerprint density at radius 1 is 1.41 bits per heavy atom.